The Morgan fingerprint density at radius 3 is 2.36 bits per heavy atom. The predicted octanol–water partition coefficient (Wildman–Crippen LogP) is 3.47. The van der Waals surface area contributed by atoms with Crippen molar-refractivity contribution in [1.82, 2.24) is 0 Å². The molecule has 0 amide bonds. The van der Waals surface area contributed by atoms with Gasteiger partial charge in [-0.1, -0.05) is 11.6 Å². The molecular weight excluding hydrogens is 349 g/mol. The van der Waals surface area contributed by atoms with Crippen LogP contribution in [0, 0.1) is 11.7 Å². The smallest absolute Gasteiger partial charge is 0.340 e. The molecule has 136 valence electrons. The monoisotopic (exact) mass is 369 g/mol. The SMILES string of the molecule is COC(=O)c1cc(C(=O)C2CC2)c(F)c(Cl)c1N1CC(C)OC(C)C1. The Hall–Kier alpha value is -1.66. The lowest BCUT2D eigenvalue weighted by atomic mass is 10.0. The number of anilines is 1. The summed E-state index contributed by atoms with van der Waals surface area (Å²) < 4.78 is 25.4. The van der Waals surface area contributed by atoms with E-state index in [1.165, 1.54) is 13.2 Å². The van der Waals surface area contributed by atoms with Crippen molar-refractivity contribution >= 4 is 29.0 Å². The molecule has 25 heavy (non-hydrogen) atoms. The summed E-state index contributed by atoms with van der Waals surface area (Å²) in [5.74, 6) is -1.90. The van der Waals surface area contributed by atoms with Crippen LogP contribution in [0.4, 0.5) is 10.1 Å². The van der Waals surface area contributed by atoms with E-state index in [2.05, 4.69) is 0 Å². The third-order valence-corrected chi connectivity index (χ3v) is 4.88. The second-order valence-corrected chi connectivity index (χ2v) is 7.12. The first kappa shape index (κ1) is 18.1. The minimum absolute atomic E-state index is 0.0962. The van der Waals surface area contributed by atoms with Crippen molar-refractivity contribution in [3.05, 3.63) is 28.0 Å². The van der Waals surface area contributed by atoms with Gasteiger partial charge in [0, 0.05) is 19.0 Å². The number of hydrogen-bond acceptors (Lipinski definition) is 5. The van der Waals surface area contributed by atoms with Crippen molar-refractivity contribution in [2.75, 3.05) is 25.1 Å². The molecule has 0 aromatic heterocycles. The zero-order valence-corrected chi connectivity index (χ0v) is 15.2. The minimum atomic E-state index is -0.770. The third kappa shape index (κ3) is 3.51. The first-order valence-electron chi connectivity index (χ1n) is 8.38. The quantitative estimate of drug-likeness (QED) is 0.601. The van der Waals surface area contributed by atoms with Gasteiger partial charge < -0.3 is 14.4 Å². The molecule has 0 bridgehead atoms. The molecule has 3 rings (SSSR count). The summed E-state index contributed by atoms with van der Waals surface area (Å²) in [5.41, 5.74) is 0.241. The molecule has 1 aromatic carbocycles. The first-order chi connectivity index (χ1) is 11.8. The second-order valence-electron chi connectivity index (χ2n) is 6.74. The molecule has 1 aliphatic heterocycles. The maximum absolute atomic E-state index is 14.8. The van der Waals surface area contributed by atoms with Gasteiger partial charge >= 0.3 is 5.97 Å². The zero-order valence-electron chi connectivity index (χ0n) is 14.5. The van der Waals surface area contributed by atoms with Gasteiger partial charge in [0.25, 0.3) is 0 Å². The van der Waals surface area contributed by atoms with E-state index >= 15 is 0 Å². The maximum Gasteiger partial charge on any atom is 0.340 e. The highest BCUT2D eigenvalue weighted by molar-refractivity contribution is 6.35. The Labute approximate surface area is 151 Å². The van der Waals surface area contributed by atoms with E-state index < -0.39 is 11.8 Å². The third-order valence-electron chi connectivity index (χ3n) is 4.54. The summed E-state index contributed by atoms with van der Waals surface area (Å²) in [6.07, 6.45) is 1.29. The molecule has 0 N–H and O–H groups in total. The van der Waals surface area contributed by atoms with Gasteiger partial charge in [-0.2, -0.15) is 0 Å². The van der Waals surface area contributed by atoms with Gasteiger partial charge in [-0.15, -0.1) is 0 Å². The lowest BCUT2D eigenvalue weighted by Gasteiger charge is -2.38. The van der Waals surface area contributed by atoms with Gasteiger partial charge in [0.2, 0.25) is 0 Å². The molecule has 1 aliphatic carbocycles. The number of rotatable bonds is 4. The van der Waals surface area contributed by atoms with Crippen LogP contribution in [-0.4, -0.2) is 44.2 Å². The highest BCUT2D eigenvalue weighted by atomic mass is 35.5. The Balaban J connectivity index is 2.11. The van der Waals surface area contributed by atoms with Crippen LogP contribution in [0.3, 0.4) is 0 Å². The van der Waals surface area contributed by atoms with E-state index in [9.17, 15) is 14.0 Å². The van der Waals surface area contributed by atoms with E-state index in [4.69, 9.17) is 21.1 Å². The summed E-state index contributed by atoms with van der Waals surface area (Å²) in [4.78, 5) is 26.5. The largest absolute Gasteiger partial charge is 0.465 e. The number of ether oxygens (including phenoxy) is 2. The van der Waals surface area contributed by atoms with Gasteiger partial charge in [0.05, 0.1) is 36.1 Å². The molecule has 2 atom stereocenters. The van der Waals surface area contributed by atoms with E-state index in [0.717, 1.165) is 12.8 Å². The van der Waals surface area contributed by atoms with E-state index in [1.807, 2.05) is 18.7 Å². The van der Waals surface area contributed by atoms with Gasteiger partial charge in [0.15, 0.2) is 11.6 Å². The van der Waals surface area contributed by atoms with Crippen molar-refractivity contribution in [2.24, 2.45) is 5.92 Å². The first-order valence-corrected chi connectivity index (χ1v) is 8.76. The van der Waals surface area contributed by atoms with Crippen LogP contribution < -0.4 is 4.90 Å². The van der Waals surface area contributed by atoms with Crippen molar-refractivity contribution in [3.63, 3.8) is 0 Å². The average Bonchev–Trinajstić information content (AvgIpc) is 3.39. The molecule has 5 nitrogen and oxygen atoms in total. The van der Waals surface area contributed by atoms with E-state index in [0.29, 0.717) is 13.1 Å². The van der Waals surface area contributed by atoms with Crippen molar-refractivity contribution in [2.45, 2.75) is 38.9 Å². The highest BCUT2D eigenvalue weighted by Crippen LogP contribution is 2.40. The lowest BCUT2D eigenvalue weighted by molar-refractivity contribution is -0.00534. The maximum atomic E-state index is 14.8. The summed E-state index contributed by atoms with van der Waals surface area (Å²) in [6, 6.07) is 1.29. The number of esters is 1. The zero-order chi connectivity index (χ0) is 18.3. The Kier molecular flexibility index (Phi) is 5.02. The van der Waals surface area contributed by atoms with Crippen LogP contribution in [0.1, 0.15) is 47.4 Å². The molecule has 1 saturated carbocycles. The summed E-state index contributed by atoms with van der Waals surface area (Å²) in [5, 5.41) is -0.215. The van der Waals surface area contributed by atoms with Crippen molar-refractivity contribution in [1.29, 1.82) is 0 Å². The molecule has 2 unspecified atom stereocenters. The molecule has 0 spiro atoms. The number of nitrogens with zero attached hydrogens (tertiary/aromatic N) is 1. The van der Waals surface area contributed by atoms with Crippen LogP contribution in [0.25, 0.3) is 0 Å². The second kappa shape index (κ2) is 6.92. The fraction of sp³-hybridized carbons (Fsp3) is 0.556. The van der Waals surface area contributed by atoms with Crippen LogP contribution in [0.2, 0.25) is 5.02 Å². The number of methoxy groups -OCH3 is 1. The van der Waals surface area contributed by atoms with E-state index in [1.54, 1.807) is 0 Å². The summed E-state index contributed by atoms with van der Waals surface area (Å²) in [7, 11) is 1.25. The van der Waals surface area contributed by atoms with Gasteiger partial charge in [-0.3, -0.25) is 4.79 Å². The van der Waals surface area contributed by atoms with Crippen LogP contribution in [-0.2, 0) is 9.47 Å². The Morgan fingerprint density at radius 2 is 1.84 bits per heavy atom. The minimum Gasteiger partial charge on any atom is -0.465 e. The van der Waals surface area contributed by atoms with Crippen LogP contribution in [0.5, 0.6) is 0 Å². The molecule has 2 fully saturated rings. The molecule has 0 radical (unpaired) electrons. The van der Waals surface area contributed by atoms with E-state index in [-0.39, 0.29) is 45.7 Å². The van der Waals surface area contributed by atoms with Crippen LogP contribution >= 0.6 is 11.6 Å². The lowest BCUT2D eigenvalue weighted by Crippen LogP contribution is -2.46. The summed E-state index contributed by atoms with van der Waals surface area (Å²) in [6.45, 7) is 4.72. The Bertz CT molecular complexity index is 710. The molecule has 2 aliphatic rings. The normalized spacial score (nSPS) is 23.5. The molecule has 7 heteroatoms. The van der Waals surface area contributed by atoms with Crippen LogP contribution in [0.15, 0.2) is 6.07 Å². The number of morpholine rings is 1. The molecular formula is C18H21ClFNO4. The number of carbonyl (C=O) groups excluding carboxylic acids is 2. The molecule has 1 heterocycles. The fourth-order valence-electron chi connectivity index (χ4n) is 3.30. The summed E-state index contributed by atoms with van der Waals surface area (Å²) >= 11 is 6.29. The topological polar surface area (TPSA) is 55.8 Å². The number of Topliss-reactive ketones (excluding diaryl/α,β-unsaturated/α-hetero) is 1. The van der Waals surface area contributed by atoms with Crippen molar-refractivity contribution < 1.29 is 23.5 Å². The number of carbonyl (C=O) groups is 2. The predicted molar refractivity (Wildman–Crippen MR) is 92.0 cm³/mol. The highest BCUT2D eigenvalue weighted by Gasteiger charge is 2.36. The number of halogens is 2. The van der Waals surface area contributed by atoms with Gasteiger partial charge in [-0.05, 0) is 32.8 Å². The molecule has 1 saturated heterocycles. The Morgan fingerprint density at radius 1 is 1.24 bits per heavy atom. The standard InChI is InChI=1S/C18H21ClFNO4/c1-9-7-21(8-10(2)25-9)16-13(18(23)24-3)6-12(15(20)14(16)19)17(22)11-4-5-11/h6,9-11H,4-5,7-8H2,1-3H3. The number of benzene rings is 1. The van der Waals surface area contributed by atoms with Crippen molar-refractivity contribution in [3.8, 4) is 0 Å². The average molecular weight is 370 g/mol. The van der Waals surface area contributed by atoms with Gasteiger partial charge in [0.1, 0.15) is 5.02 Å². The number of ketones is 1. The van der Waals surface area contributed by atoms with Gasteiger partial charge in [-0.25, -0.2) is 9.18 Å². The number of hydrogen-bond donors (Lipinski definition) is 0. The molecule has 1 aromatic rings. The fourth-order valence-corrected chi connectivity index (χ4v) is 3.62.